The molecule has 2 heterocycles. The van der Waals surface area contributed by atoms with Crippen molar-refractivity contribution in [3.05, 3.63) is 47.9 Å². The second-order valence-corrected chi connectivity index (χ2v) is 6.51. The van der Waals surface area contributed by atoms with Crippen LogP contribution in [0.2, 0.25) is 0 Å². The van der Waals surface area contributed by atoms with Crippen molar-refractivity contribution in [3.8, 4) is 0 Å². The maximum atomic E-state index is 10.9. The maximum absolute atomic E-state index is 10.9. The Hall–Kier alpha value is -1.88. The largest absolute Gasteiger partial charge is 0.477 e. The van der Waals surface area contributed by atoms with Crippen LogP contribution >= 0.6 is 11.8 Å². The Morgan fingerprint density at radius 1 is 1.20 bits per heavy atom. The molecular weight excluding hydrogens is 272 g/mol. The molecule has 0 fully saturated rings. The van der Waals surface area contributed by atoms with Gasteiger partial charge in [-0.25, -0.2) is 14.8 Å². The van der Waals surface area contributed by atoms with E-state index >= 15 is 0 Å². The summed E-state index contributed by atoms with van der Waals surface area (Å²) in [6, 6.07) is 7.32. The first kappa shape index (κ1) is 14.5. The summed E-state index contributed by atoms with van der Waals surface area (Å²) in [6.45, 7) is 6.41. The fourth-order valence-electron chi connectivity index (χ4n) is 1.60. The standard InChI is InChI=1S/C15H16N2O2S/c1-15(2,3)10-4-5-13(17-9-10)20-11-6-7-16-12(8-11)14(18)19/h4-9H,1-3H3,(H,18,19). The molecule has 4 nitrogen and oxygen atoms in total. The van der Waals surface area contributed by atoms with Crippen LogP contribution < -0.4 is 0 Å². The predicted molar refractivity (Wildman–Crippen MR) is 78.3 cm³/mol. The van der Waals surface area contributed by atoms with Crippen LogP contribution in [0.25, 0.3) is 0 Å². The lowest BCUT2D eigenvalue weighted by Crippen LogP contribution is -2.11. The third-order valence-electron chi connectivity index (χ3n) is 2.78. The summed E-state index contributed by atoms with van der Waals surface area (Å²) in [5.74, 6) is -1.02. The molecule has 0 bridgehead atoms. The Kier molecular flexibility index (Phi) is 4.09. The Morgan fingerprint density at radius 2 is 1.95 bits per heavy atom. The van der Waals surface area contributed by atoms with Crippen LogP contribution in [-0.2, 0) is 5.41 Å². The van der Waals surface area contributed by atoms with Crippen LogP contribution in [-0.4, -0.2) is 21.0 Å². The molecule has 0 saturated heterocycles. The molecule has 0 aliphatic rings. The molecule has 104 valence electrons. The molecule has 2 aromatic rings. The van der Waals surface area contributed by atoms with E-state index in [4.69, 9.17) is 5.11 Å². The summed E-state index contributed by atoms with van der Waals surface area (Å²) in [5, 5.41) is 9.75. The predicted octanol–water partition coefficient (Wildman–Crippen LogP) is 3.62. The van der Waals surface area contributed by atoms with Gasteiger partial charge in [0, 0.05) is 17.3 Å². The van der Waals surface area contributed by atoms with Crippen molar-refractivity contribution in [2.24, 2.45) is 0 Å². The van der Waals surface area contributed by atoms with E-state index in [1.807, 2.05) is 12.3 Å². The molecule has 0 aliphatic carbocycles. The molecular formula is C15H16N2O2S. The van der Waals surface area contributed by atoms with Gasteiger partial charge in [0.15, 0.2) is 0 Å². The summed E-state index contributed by atoms with van der Waals surface area (Å²) < 4.78 is 0. The van der Waals surface area contributed by atoms with Crippen LogP contribution in [0.15, 0.2) is 46.6 Å². The molecule has 0 unspecified atom stereocenters. The van der Waals surface area contributed by atoms with E-state index in [2.05, 4.69) is 36.8 Å². The zero-order valence-corrected chi connectivity index (χ0v) is 12.4. The summed E-state index contributed by atoms with van der Waals surface area (Å²) >= 11 is 1.42. The lowest BCUT2D eigenvalue weighted by Gasteiger charge is -2.18. The van der Waals surface area contributed by atoms with E-state index in [1.54, 1.807) is 12.1 Å². The van der Waals surface area contributed by atoms with Crippen molar-refractivity contribution in [2.75, 3.05) is 0 Å². The molecule has 0 saturated carbocycles. The second-order valence-electron chi connectivity index (χ2n) is 5.42. The molecule has 0 atom stereocenters. The molecule has 0 aliphatic heterocycles. The highest BCUT2D eigenvalue weighted by Crippen LogP contribution is 2.28. The fourth-order valence-corrected chi connectivity index (χ4v) is 2.38. The first-order valence-corrected chi connectivity index (χ1v) is 7.01. The van der Waals surface area contributed by atoms with E-state index in [9.17, 15) is 4.79 Å². The van der Waals surface area contributed by atoms with Gasteiger partial charge in [-0.2, -0.15) is 0 Å². The highest BCUT2D eigenvalue weighted by atomic mass is 32.2. The first-order chi connectivity index (χ1) is 9.36. The normalized spacial score (nSPS) is 11.3. The van der Waals surface area contributed by atoms with Crippen LogP contribution in [0.3, 0.4) is 0 Å². The summed E-state index contributed by atoms with van der Waals surface area (Å²) in [6.07, 6.45) is 3.36. The number of rotatable bonds is 3. The number of hydrogen-bond donors (Lipinski definition) is 1. The van der Waals surface area contributed by atoms with E-state index < -0.39 is 5.97 Å². The van der Waals surface area contributed by atoms with Gasteiger partial charge in [0.25, 0.3) is 0 Å². The summed E-state index contributed by atoms with van der Waals surface area (Å²) in [4.78, 5) is 19.9. The molecule has 0 aromatic carbocycles. The highest BCUT2D eigenvalue weighted by molar-refractivity contribution is 7.99. The smallest absolute Gasteiger partial charge is 0.354 e. The number of nitrogens with zero attached hydrogens (tertiary/aromatic N) is 2. The zero-order valence-electron chi connectivity index (χ0n) is 11.6. The van der Waals surface area contributed by atoms with Gasteiger partial charge in [0.2, 0.25) is 0 Å². The van der Waals surface area contributed by atoms with Crippen molar-refractivity contribution in [1.29, 1.82) is 0 Å². The first-order valence-electron chi connectivity index (χ1n) is 6.20. The molecule has 5 heteroatoms. The Labute approximate surface area is 122 Å². The summed E-state index contributed by atoms with van der Waals surface area (Å²) in [5.41, 5.74) is 1.28. The maximum Gasteiger partial charge on any atom is 0.354 e. The minimum absolute atomic E-state index is 0.0429. The van der Waals surface area contributed by atoms with Crippen LogP contribution in [0.4, 0.5) is 0 Å². The Bertz CT molecular complexity index is 619. The SMILES string of the molecule is CC(C)(C)c1ccc(Sc2ccnc(C(=O)O)c2)nc1. The monoisotopic (exact) mass is 288 g/mol. The van der Waals surface area contributed by atoms with Crippen molar-refractivity contribution in [3.63, 3.8) is 0 Å². The number of carboxylic acid groups (broad SMARTS) is 1. The minimum Gasteiger partial charge on any atom is -0.477 e. The molecule has 0 radical (unpaired) electrons. The van der Waals surface area contributed by atoms with Crippen molar-refractivity contribution in [1.82, 2.24) is 9.97 Å². The van der Waals surface area contributed by atoms with Crippen molar-refractivity contribution in [2.45, 2.75) is 36.1 Å². The topological polar surface area (TPSA) is 63.1 Å². The molecule has 1 N–H and O–H groups in total. The zero-order chi connectivity index (χ0) is 14.8. The summed E-state index contributed by atoms with van der Waals surface area (Å²) in [7, 11) is 0. The second kappa shape index (κ2) is 5.63. The minimum atomic E-state index is -1.02. The van der Waals surface area contributed by atoms with Crippen LogP contribution in [0, 0.1) is 0 Å². The van der Waals surface area contributed by atoms with Crippen molar-refractivity contribution < 1.29 is 9.90 Å². The average molecular weight is 288 g/mol. The van der Waals surface area contributed by atoms with Gasteiger partial charge in [-0.05, 0) is 29.2 Å². The van der Waals surface area contributed by atoms with Gasteiger partial charge in [0.1, 0.15) is 10.7 Å². The van der Waals surface area contributed by atoms with Gasteiger partial charge >= 0.3 is 5.97 Å². The third-order valence-corrected chi connectivity index (χ3v) is 3.72. The molecule has 0 amide bonds. The quantitative estimate of drug-likeness (QED) is 0.934. The number of aromatic carboxylic acids is 1. The third kappa shape index (κ3) is 3.57. The van der Waals surface area contributed by atoms with Gasteiger partial charge in [0.05, 0.1) is 0 Å². The molecule has 2 rings (SSSR count). The van der Waals surface area contributed by atoms with Crippen molar-refractivity contribution >= 4 is 17.7 Å². The number of aromatic nitrogens is 2. The Morgan fingerprint density at radius 3 is 2.50 bits per heavy atom. The Balaban J connectivity index is 2.18. The highest BCUT2D eigenvalue weighted by Gasteiger charge is 2.14. The van der Waals surface area contributed by atoms with E-state index in [1.165, 1.54) is 23.5 Å². The van der Waals surface area contributed by atoms with E-state index in [0.717, 1.165) is 9.92 Å². The molecule has 2 aromatic heterocycles. The number of pyridine rings is 2. The molecule has 20 heavy (non-hydrogen) atoms. The fraction of sp³-hybridized carbons (Fsp3) is 0.267. The van der Waals surface area contributed by atoms with E-state index in [0.29, 0.717) is 0 Å². The van der Waals surface area contributed by atoms with Crippen LogP contribution in [0.1, 0.15) is 36.8 Å². The average Bonchev–Trinajstić information content (AvgIpc) is 2.38. The van der Waals surface area contributed by atoms with Gasteiger partial charge < -0.3 is 5.11 Å². The molecule has 0 spiro atoms. The van der Waals surface area contributed by atoms with Crippen LogP contribution in [0.5, 0.6) is 0 Å². The lowest BCUT2D eigenvalue weighted by atomic mass is 9.88. The van der Waals surface area contributed by atoms with Gasteiger partial charge in [-0.15, -0.1) is 0 Å². The van der Waals surface area contributed by atoms with Gasteiger partial charge in [-0.3, -0.25) is 0 Å². The number of hydrogen-bond acceptors (Lipinski definition) is 4. The lowest BCUT2D eigenvalue weighted by molar-refractivity contribution is 0.0690. The number of carbonyl (C=O) groups is 1. The number of carboxylic acids is 1. The van der Waals surface area contributed by atoms with E-state index in [-0.39, 0.29) is 11.1 Å². The van der Waals surface area contributed by atoms with Gasteiger partial charge in [-0.1, -0.05) is 38.6 Å².